The minimum Gasteiger partial charge on any atom is -0.314 e. The topological polar surface area (TPSA) is 24.9 Å². The second kappa shape index (κ2) is 4.95. The van der Waals surface area contributed by atoms with E-state index in [4.69, 9.17) is 11.6 Å². The largest absolute Gasteiger partial charge is 0.314 e. The number of hydrogen-bond acceptors (Lipinski definition) is 3. The predicted octanol–water partition coefficient (Wildman–Crippen LogP) is 3.49. The first-order valence-electron chi connectivity index (χ1n) is 5.07. The highest BCUT2D eigenvalue weighted by atomic mass is 35.5. The maximum atomic E-state index is 5.99. The summed E-state index contributed by atoms with van der Waals surface area (Å²) in [5, 5.41) is 4.98. The highest BCUT2D eigenvalue weighted by molar-refractivity contribution is 7.15. The third kappa shape index (κ3) is 2.43. The smallest absolute Gasteiger partial charge is 0.107 e. The van der Waals surface area contributed by atoms with Gasteiger partial charge in [0.1, 0.15) is 5.01 Å². The summed E-state index contributed by atoms with van der Waals surface area (Å²) in [7, 11) is 1.93. The lowest BCUT2D eigenvalue weighted by atomic mass is 10.2. The van der Waals surface area contributed by atoms with E-state index in [0.29, 0.717) is 0 Å². The van der Waals surface area contributed by atoms with Gasteiger partial charge in [0, 0.05) is 11.6 Å². The number of halogens is 1. The van der Waals surface area contributed by atoms with Crippen LogP contribution in [0.2, 0.25) is 5.02 Å². The summed E-state index contributed by atoms with van der Waals surface area (Å²) in [5.41, 5.74) is 2.21. The van der Waals surface area contributed by atoms with Crippen molar-refractivity contribution in [1.82, 2.24) is 10.3 Å². The molecule has 2 aromatic rings. The second-order valence-electron chi connectivity index (χ2n) is 3.56. The molecule has 0 saturated carbocycles. The zero-order valence-corrected chi connectivity index (χ0v) is 10.8. The van der Waals surface area contributed by atoms with Crippen LogP contribution < -0.4 is 5.32 Å². The van der Waals surface area contributed by atoms with Crippen molar-refractivity contribution in [3.05, 3.63) is 40.0 Å². The number of aryl methyl sites for hydroxylation is 1. The number of nitrogens with zero attached hydrogens (tertiary/aromatic N) is 1. The molecule has 0 unspecified atom stereocenters. The van der Waals surface area contributed by atoms with Crippen LogP contribution in [-0.2, 0) is 6.54 Å². The Kier molecular flexibility index (Phi) is 3.59. The van der Waals surface area contributed by atoms with Gasteiger partial charge in [-0.2, -0.15) is 0 Å². The molecule has 0 aliphatic rings. The van der Waals surface area contributed by atoms with E-state index in [1.54, 1.807) is 11.3 Å². The van der Waals surface area contributed by atoms with Crippen LogP contribution in [0, 0.1) is 6.92 Å². The van der Waals surface area contributed by atoms with Crippen molar-refractivity contribution in [3.63, 3.8) is 0 Å². The van der Waals surface area contributed by atoms with Gasteiger partial charge in [0.25, 0.3) is 0 Å². The molecular weight excluding hydrogens is 240 g/mol. The summed E-state index contributed by atoms with van der Waals surface area (Å²) in [6.07, 6.45) is 0. The van der Waals surface area contributed by atoms with Gasteiger partial charge in [-0.05, 0) is 31.7 Å². The van der Waals surface area contributed by atoms with Gasteiger partial charge < -0.3 is 5.32 Å². The fourth-order valence-electron chi connectivity index (χ4n) is 1.58. The van der Waals surface area contributed by atoms with Gasteiger partial charge >= 0.3 is 0 Å². The molecule has 0 aliphatic carbocycles. The normalized spacial score (nSPS) is 10.7. The van der Waals surface area contributed by atoms with Gasteiger partial charge in [-0.15, -0.1) is 11.3 Å². The number of benzene rings is 1. The zero-order valence-electron chi connectivity index (χ0n) is 9.25. The Bertz CT molecular complexity index is 494. The third-order valence-corrected chi connectivity index (χ3v) is 3.70. The third-order valence-electron chi connectivity index (χ3n) is 2.26. The van der Waals surface area contributed by atoms with Gasteiger partial charge in [0.05, 0.1) is 10.6 Å². The quantitative estimate of drug-likeness (QED) is 0.905. The number of nitrogens with one attached hydrogen (secondary N) is 1. The fourth-order valence-corrected chi connectivity index (χ4v) is 2.84. The molecule has 0 aliphatic heterocycles. The second-order valence-corrected chi connectivity index (χ2v) is 5.08. The summed E-state index contributed by atoms with van der Waals surface area (Å²) >= 11 is 7.70. The van der Waals surface area contributed by atoms with Gasteiger partial charge in [-0.3, -0.25) is 0 Å². The molecule has 0 spiro atoms. The number of hydrogen-bond donors (Lipinski definition) is 1. The van der Waals surface area contributed by atoms with Gasteiger partial charge in [-0.25, -0.2) is 4.98 Å². The monoisotopic (exact) mass is 252 g/mol. The molecular formula is C12H13ClN2S. The minimum absolute atomic E-state index is 0.764. The molecule has 0 fully saturated rings. The molecule has 0 amide bonds. The lowest BCUT2D eigenvalue weighted by Crippen LogP contribution is -2.04. The Balaban J connectivity index is 2.40. The number of rotatable bonds is 3. The van der Waals surface area contributed by atoms with E-state index in [1.807, 2.05) is 32.2 Å². The SMILES string of the molecule is CNCc1nc(C)c(-c2cccc(Cl)c2)s1. The molecule has 16 heavy (non-hydrogen) atoms. The first-order chi connectivity index (χ1) is 7.70. The summed E-state index contributed by atoms with van der Waals surface area (Å²) in [6.45, 7) is 2.85. The van der Waals surface area contributed by atoms with E-state index in [0.717, 1.165) is 27.8 Å². The van der Waals surface area contributed by atoms with Gasteiger partial charge in [0.2, 0.25) is 0 Å². The molecule has 1 aromatic heterocycles. The van der Waals surface area contributed by atoms with Crippen molar-refractivity contribution in [2.24, 2.45) is 0 Å². The molecule has 0 atom stereocenters. The molecule has 84 valence electrons. The van der Waals surface area contributed by atoms with Crippen LogP contribution in [0.25, 0.3) is 10.4 Å². The predicted molar refractivity (Wildman–Crippen MR) is 70.1 cm³/mol. The summed E-state index contributed by atoms with van der Waals surface area (Å²) in [6, 6.07) is 7.89. The first kappa shape index (κ1) is 11.6. The van der Waals surface area contributed by atoms with Gasteiger partial charge in [-0.1, -0.05) is 23.7 Å². The fraction of sp³-hybridized carbons (Fsp3) is 0.250. The van der Waals surface area contributed by atoms with Crippen molar-refractivity contribution in [2.45, 2.75) is 13.5 Å². The Morgan fingerprint density at radius 3 is 2.94 bits per heavy atom. The first-order valence-corrected chi connectivity index (χ1v) is 6.27. The average Bonchev–Trinajstić information content (AvgIpc) is 2.60. The maximum Gasteiger partial charge on any atom is 0.107 e. The highest BCUT2D eigenvalue weighted by Crippen LogP contribution is 2.31. The summed E-state index contributed by atoms with van der Waals surface area (Å²) in [4.78, 5) is 5.72. The molecule has 0 bridgehead atoms. The van der Waals surface area contributed by atoms with Crippen molar-refractivity contribution in [2.75, 3.05) is 7.05 Å². The Labute approximate surface area is 104 Å². The summed E-state index contributed by atoms with van der Waals surface area (Å²) < 4.78 is 0. The van der Waals surface area contributed by atoms with Crippen LogP contribution >= 0.6 is 22.9 Å². The van der Waals surface area contributed by atoms with Crippen LogP contribution in [0.3, 0.4) is 0 Å². The van der Waals surface area contributed by atoms with E-state index in [9.17, 15) is 0 Å². The van der Waals surface area contributed by atoms with E-state index in [1.165, 1.54) is 4.88 Å². The number of thiazole rings is 1. The molecule has 1 aromatic carbocycles. The van der Waals surface area contributed by atoms with Crippen LogP contribution in [0.1, 0.15) is 10.7 Å². The standard InChI is InChI=1S/C12H13ClN2S/c1-8-12(16-11(15-8)7-14-2)9-4-3-5-10(13)6-9/h3-6,14H,7H2,1-2H3. The van der Waals surface area contributed by atoms with Crippen LogP contribution in [0.15, 0.2) is 24.3 Å². The molecule has 2 rings (SSSR count). The number of aromatic nitrogens is 1. The van der Waals surface area contributed by atoms with Crippen LogP contribution in [0.5, 0.6) is 0 Å². The Morgan fingerprint density at radius 1 is 1.44 bits per heavy atom. The molecule has 1 N–H and O–H groups in total. The molecule has 0 saturated heterocycles. The highest BCUT2D eigenvalue weighted by Gasteiger charge is 2.09. The van der Waals surface area contributed by atoms with Crippen LogP contribution in [0.4, 0.5) is 0 Å². The molecule has 1 heterocycles. The lowest BCUT2D eigenvalue weighted by molar-refractivity contribution is 0.807. The zero-order chi connectivity index (χ0) is 11.5. The minimum atomic E-state index is 0.764. The molecule has 4 heteroatoms. The van der Waals surface area contributed by atoms with Crippen molar-refractivity contribution in [1.29, 1.82) is 0 Å². The van der Waals surface area contributed by atoms with E-state index < -0.39 is 0 Å². The van der Waals surface area contributed by atoms with Crippen molar-refractivity contribution >= 4 is 22.9 Å². The van der Waals surface area contributed by atoms with Crippen molar-refractivity contribution in [3.8, 4) is 10.4 Å². The molecule has 2 nitrogen and oxygen atoms in total. The van der Waals surface area contributed by atoms with Crippen molar-refractivity contribution < 1.29 is 0 Å². The van der Waals surface area contributed by atoms with Gasteiger partial charge in [0.15, 0.2) is 0 Å². The summed E-state index contributed by atoms with van der Waals surface area (Å²) in [5.74, 6) is 0. The van der Waals surface area contributed by atoms with Crippen LogP contribution in [-0.4, -0.2) is 12.0 Å². The molecule has 0 radical (unpaired) electrons. The van der Waals surface area contributed by atoms with E-state index in [-0.39, 0.29) is 0 Å². The average molecular weight is 253 g/mol. The van der Waals surface area contributed by atoms with E-state index >= 15 is 0 Å². The maximum absolute atomic E-state index is 5.99. The Morgan fingerprint density at radius 2 is 2.25 bits per heavy atom. The lowest BCUT2D eigenvalue weighted by Gasteiger charge is -1.98. The Hall–Kier alpha value is -0.900. The van der Waals surface area contributed by atoms with E-state index in [2.05, 4.69) is 16.4 Å².